The number of hydrogen-bond acceptors (Lipinski definition) is 3. The molecule has 1 heterocycles. The number of carbonyl (C=O) groups is 2. The zero-order valence-corrected chi connectivity index (χ0v) is 10.7. The number of thioether (sulfide) groups is 1. The lowest BCUT2D eigenvalue weighted by molar-refractivity contribution is -0.115. The van der Waals surface area contributed by atoms with Gasteiger partial charge in [0.15, 0.2) is 5.78 Å². The minimum Gasteiger partial charge on any atom is -0.294 e. The van der Waals surface area contributed by atoms with Gasteiger partial charge < -0.3 is 0 Å². The molecule has 1 aromatic rings. The molecule has 4 heteroatoms. The average Bonchev–Trinajstić information content (AvgIpc) is 2.96. The third-order valence-electron chi connectivity index (χ3n) is 3.22. The smallest absolute Gasteiger partial charge is 0.242 e. The van der Waals surface area contributed by atoms with Crippen LogP contribution in [0.3, 0.4) is 0 Å². The summed E-state index contributed by atoms with van der Waals surface area (Å²) in [5.74, 6) is 0.697. The number of para-hydroxylation sites is 1. The number of carbonyl (C=O) groups excluding carboxylic acids is 2. The molecule has 18 heavy (non-hydrogen) atoms. The fraction of sp³-hybridized carbons (Fsp3) is 0.286. The van der Waals surface area contributed by atoms with Crippen molar-refractivity contribution in [3.8, 4) is 0 Å². The van der Waals surface area contributed by atoms with Gasteiger partial charge >= 0.3 is 0 Å². The Balaban J connectivity index is 2.06. The molecule has 1 aromatic carbocycles. The summed E-state index contributed by atoms with van der Waals surface area (Å²) < 4.78 is 0. The van der Waals surface area contributed by atoms with E-state index < -0.39 is 0 Å². The molecule has 2 aliphatic rings. The van der Waals surface area contributed by atoms with E-state index >= 15 is 0 Å². The lowest BCUT2D eigenvalue weighted by Gasteiger charge is -2.18. The molecule has 92 valence electrons. The van der Waals surface area contributed by atoms with Crippen LogP contribution in [-0.2, 0) is 9.59 Å². The van der Waals surface area contributed by atoms with E-state index in [1.165, 1.54) is 11.8 Å². The van der Waals surface area contributed by atoms with Crippen LogP contribution in [0.1, 0.15) is 19.3 Å². The molecule has 1 aliphatic heterocycles. The molecule has 0 N–H and O–H groups in total. The van der Waals surface area contributed by atoms with Gasteiger partial charge in [0.25, 0.3) is 0 Å². The van der Waals surface area contributed by atoms with Crippen molar-refractivity contribution in [2.24, 2.45) is 0 Å². The van der Waals surface area contributed by atoms with Crippen LogP contribution in [0.2, 0.25) is 0 Å². The van der Waals surface area contributed by atoms with Crippen LogP contribution in [0.4, 0.5) is 5.69 Å². The monoisotopic (exact) mass is 259 g/mol. The Hall–Kier alpha value is -1.55. The zero-order chi connectivity index (χ0) is 12.5. The molecule has 2 fully saturated rings. The summed E-state index contributed by atoms with van der Waals surface area (Å²) in [5.41, 5.74) is 1.70. The Morgan fingerprint density at radius 1 is 1.06 bits per heavy atom. The minimum absolute atomic E-state index is 0.0633. The fourth-order valence-electron chi connectivity index (χ4n) is 2.38. The molecule has 0 spiro atoms. The summed E-state index contributed by atoms with van der Waals surface area (Å²) in [7, 11) is 0. The molecule has 0 radical (unpaired) electrons. The number of amides is 1. The normalized spacial score (nSPS) is 24.1. The Labute approximate surface area is 110 Å². The van der Waals surface area contributed by atoms with E-state index in [0.717, 1.165) is 29.1 Å². The van der Waals surface area contributed by atoms with Crippen molar-refractivity contribution in [3.05, 3.63) is 40.9 Å². The van der Waals surface area contributed by atoms with Gasteiger partial charge in [-0.1, -0.05) is 30.0 Å². The lowest BCUT2D eigenvalue weighted by atomic mass is 10.2. The second-order valence-electron chi connectivity index (χ2n) is 4.41. The third kappa shape index (κ3) is 1.86. The first-order valence-corrected chi connectivity index (χ1v) is 7.03. The maximum atomic E-state index is 12.0. The van der Waals surface area contributed by atoms with Crippen LogP contribution in [0.25, 0.3) is 0 Å². The van der Waals surface area contributed by atoms with Crippen LogP contribution in [0, 0.1) is 0 Å². The van der Waals surface area contributed by atoms with Crippen molar-refractivity contribution in [1.82, 2.24) is 0 Å². The molecule has 0 atom stereocenters. The van der Waals surface area contributed by atoms with E-state index in [0.29, 0.717) is 12.2 Å². The molecular formula is C14H13NO2S. The largest absolute Gasteiger partial charge is 0.294 e. The number of rotatable bonds is 1. The van der Waals surface area contributed by atoms with Crippen LogP contribution >= 0.6 is 11.8 Å². The summed E-state index contributed by atoms with van der Waals surface area (Å²) in [5, 5.41) is 0.855. The molecular weight excluding hydrogens is 246 g/mol. The van der Waals surface area contributed by atoms with Crippen molar-refractivity contribution in [1.29, 1.82) is 0 Å². The van der Waals surface area contributed by atoms with Gasteiger partial charge in [0.1, 0.15) is 0 Å². The Kier molecular flexibility index (Phi) is 2.96. The number of hydrogen-bond donors (Lipinski definition) is 0. The second-order valence-corrected chi connectivity index (χ2v) is 5.38. The maximum absolute atomic E-state index is 12.0. The minimum atomic E-state index is 0.0633. The number of nitrogens with zero attached hydrogens (tertiary/aromatic N) is 1. The van der Waals surface area contributed by atoms with Gasteiger partial charge in [-0.15, -0.1) is 0 Å². The quantitative estimate of drug-likeness (QED) is 0.728. The molecule has 1 saturated carbocycles. The third-order valence-corrected chi connectivity index (χ3v) is 4.32. The number of ketones is 1. The van der Waals surface area contributed by atoms with Crippen molar-refractivity contribution < 1.29 is 9.59 Å². The van der Waals surface area contributed by atoms with E-state index in [1.807, 2.05) is 30.3 Å². The van der Waals surface area contributed by atoms with E-state index in [-0.39, 0.29) is 11.7 Å². The first-order valence-electron chi connectivity index (χ1n) is 6.04. The second kappa shape index (κ2) is 4.61. The Morgan fingerprint density at radius 2 is 1.83 bits per heavy atom. The summed E-state index contributed by atoms with van der Waals surface area (Å²) in [6, 6.07) is 9.55. The van der Waals surface area contributed by atoms with Crippen LogP contribution < -0.4 is 4.90 Å². The fourth-order valence-corrected chi connectivity index (χ4v) is 3.49. The lowest BCUT2D eigenvalue weighted by Crippen LogP contribution is -2.25. The predicted molar refractivity (Wildman–Crippen MR) is 72.3 cm³/mol. The molecule has 3 nitrogen and oxygen atoms in total. The molecule has 0 bridgehead atoms. The molecule has 1 saturated heterocycles. The number of anilines is 1. The van der Waals surface area contributed by atoms with Crippen LogP contribution in [0.5, 0.6) is 0 Å². The Bertz CT molecular complexity index is 536. The van der Waals surface area contributed by atoms with E-state index in [2.05, 4.69) is 0 Å². The van der Waals surface area contributed by atoms with Crippen LogP contribution in [-0.4, -0.2) is 17.4 Å². The van der Waals surface area contributed by atoms with Gasteiger partial charge in [-0.05, 0) is 25.0 Å². The van der Waals surface area contributed by atoms with E-state index in [9.17, 15) is 9.59 Å². The molecule has 1 aliphatic carbocycles. The molecule has 3 rings (SSSR count). The highest BCUT2D eigenvalue weighted by Gasteiger charge is 2.33. The average molecular weight is 259 g/mol. The first kappa shape index (κ1) is 11.5. The van der Waals surface area contributed by atoms with Gasteiger partial charge in [0.2, 0.25) is 5.91 Å². The molecule has 0 aromatic heterocycles. The van der Waals surface area contributed by atoms with Crippen molar-refractivity contribution in [2.75, 3.05) is 10.7 Å². The maximum Gasteiger partial charge on any atom is 0.242 e. The number of Topliss-reactive ketones (excluding diaryl/α,β-unsaturated/α-hetero) is 1. The summed E-state index contributed by atoms with van der Waals surface area (Å²) >= 11 is 1.49. The molecule has 1 amide bonds. The summed E-state index contributed by atoms with van der Waals surface area (Å²) in [6.45, 7) is 0. The van der Waals surface area contributed by atoms with Crippen molar-refractivity contribution in [3.63, 3.8) is 0 Å². The predicted octanol–water partition coefficient (Wildman–Crippen LogP) is 2.73. The first-order chi connectivity index (χ1) is 8.77. The van der Waals surface area contributed by atoms with Gasteiger partial charge in [0, 0.05) is 17.7 Å². The highest BCUT2D eigenvalue weighted by molar-refractivity contribution is 8.04. The van der Waals surface area contributed by atoms with Gasteiger partial charge in [0.05, 0.1) is 10.8 Å². The van der Waals surface area contributed by atoms with Gasteiger partial charge in [-0.25, -0.2) is 0 Å². The van der Waals surface area contributed by atoms with Gasteiger partial charge in [-0.3, -0.25) is 14.5 Å². The molecule has 0 unspecified atom stereocenters. The van der Waals surface area contributed by atoms with E-state index in [1.54, 1.807) is 4.90 Å². The van der Waals surface area contributed by atoms with Crippen molar-refractivity contribution in [2.45, 2.75) is 19.3 Å². The highest BCUT2D eigenvalue weighted by Crippen LogP contribution is 2.39. The van der Waals surface area contributed by atoms with Crippen molar-refractivity contribution >= 4 is 29.1 Å². The summed E-state index contributed by atoms with van der Waals surface area (Å²) in [6.07, 6.45) is 2.34. The van der Waals surface area contributed by atoms with E-state index in [4.69, 9.17) is 0 Å². The number of allylic oxidation sites excluding steroid dienone is 1. The number of benzene rings is 1. The van der Waals surface area contributed by atoms with Crippen LogP contribution in [0.15, 0.2) is 40.9 Å². The standard InChI is InChI=1S/C14H13NO2S/c16-12-8-4-7-11(12)14-15(13(17)9-18-14)10-5-2-1-3-6-10/h1-3,5-6H,4,7-9H2/b14-11+. The Morgan fingerprint density at radius 3 is 2.50 bits per heavy atom. The highest BCUT2D eigenvalue weighted by atomic mass is 32.2. The zero-order valence-electron chi connectivity index (χ0n) is 9.89. The SMILES string of the molecule is O=C1CCC/C1=C1\SCC(=O)N1c1ccccc1. The summed E-state index contributed by atoms with van der Waals surface area (Å²) in [4.78, 5) is 25.5. The van der Waals surface area contributed by atoms with Gasteiger partial charge in [-0.2, -0.15) is 0 Å². The topological polar surface area (TPSA) is 37.4 Å².